The van der Waals surface area contributed by atoms with E-state index in [0.717, 1.165) is 28.5 Å². The largest absolute Gasteiger partial charge is 0.399 e. The Balaban J connectivity index is 2.23. The van der Waals surface area contributed by atoms with E-state index in [2.05, 4.69) is 63.4 Å². The van der Waals surface area contributed by atoms with Crippen molar-refractivity contribution < 1.29 is 4.79 Å². The molecule has 0 saturated carbocycles. The van der Waals surface area contributed by atoms with Gasteiger partial charge in [-0.2, -0.15) is 0 Å². The van der Waals surface area contributed by atoms with Crippen LogP contribution in [-0.2, 0) is 11.3 Å². The number of allylic oxidation sites excluding steroid dienone is 8. The summed E-state index contributed by atoms with van der Waals surface area (Å²) in [6.07, 6.45) is 8.37. The van der Waals surface area contributed by atoms with Crippen LogP contribution >= 0.6 is 0 Å². The highest BCUT2D eigenvalue weighted by Crippen LogP contribution is 2.28. The summed E-state index contributed by atoms with van der Waals surface area (Å²) < 4.78 is 2.24. The van der Waals surface area contributed by atoms with Crippen LogP contribution in [0.3, 0.4) is 0 Å². The molecular formula is C29H34N2O. The Morgan fingerprint density at radius 1 is 1.12 bits per heavy atom. The van der Waals surface area contributed by atoms with Gasteiger partial charge in [0.2, 0.25) is 0 Å². The van der Waals surface area contributed by atoms with Crippen molar-refractivity contribution in [2.75, 3.05) is 0 Å². The summed E-state index contributed by atoms with van der Waals surface area (Å²) in [4.78, 5) is 12.4. The molecule has 0 spiro atoms. The smallest absolute Gasteiger partial charge is 0.163 e. The fourth-order valence-electron chi connectivity index (χ4n) is 3.64. The average molecular weight is 427 g/mol. The van der Waals surface area contributed by atoms with Gasteiger partial charge < -0.3 is 10.3 Å². The molecule has 166 valence electrons. The van der Waals surface area contributed by atoms with Crippen molar-refractivity contribution in [3.63, 3.8) is 0 Å². The van der Waals surface area contributed by atoms with E-state index in [-0.39, 0.29) is 5.78 Å². The van der Waals surface area contributed by atoms with Crippen LogP contribution in [0.5, 0.6) is 0 Å². The number of benzene rings is 1. The van der Waals surface area contributed by atoms with E-state index in [0.29, 0.717) is 35.4 Å². The first-order valence-corrected chi connectivity index (χ1v) is 10.8. The molecule has 0 amide bonds. The minimum Gasteiger partial charge on any atom is -0.399 e. The summed E-state index contributed by atoms with van der Waals surface area (Å²) in [6, 6.07) is 6.15. The normalized spacial score (nSPS) is 11.7. The average Bonchev–Trinajstić information content (AvgIpc) is 2.99. The van der Waals surface area contributed by atoms with E-state index < -0.39 is 0 Å². The molecule has 0 bridgehead atoms. The third-order valence-electron chi connectivity index (χ3n) is 5.67. The first-order chi connectivity index (χ1) is 15.1. The van der Waals surface area contributed by atoms with E-state index in [1.807, 2.05) is 25.1 Å². The van der Waals surface area contributed by atoms with Crippen LogP contribution in [0.1, 0.15) is 36.6 Å². The van der Waals surface area contributed by atoms with Crippen molar-refractivity contribution >= 4 is 22.4 Å². The first-order valence-electron chi connectivity index (χ1n) is 10.8. The quantitative estimate of drug-likeness (QED) is 0.314. The number of aromatic nitrogens is 1. The van der Waals surface area contributed by atoms with E-state index in [1.54, 1.807) is 12.2 Å². The van der Waals surface area contributed by atoms with Crippen LogP contribution in [0.2, 0.25) is 0 Å². The minimum atomic E-state index is 0.0511. The number of fused-ring (bicyclic) bond motifs is 1. The monoisotopic (exact) mass is 426 g/mol. The molecule has 0 aliphatic heterocycles. The summed E-state index contributed by atoms with van der Waals surface area (Å²) >= 11 is 0. The lowest BCUT2D eigenvalue weighted by atomic mass is 9.94. The van der Waals surface area contributed by atoms with Gasteiger partial charge in [-0.25, -0.2) is 0 Å². The van der Waals surface area contributed by atoms with E-state index in [9.17, 15) is 4.79 Å². The maximum atomic E-state index is 12.4. The number of nitrogens with zero attached hydrogens (tertiary/aromatic N) is 1. The molecule has 1 aromatic heterocycles. The molecule has 2 aromatic rings. The molecule has 2 N–H and O–H groups in total. The summed E-state index contributed by atoms with van der Waals surface area (Å²) in [6.45, 7) is 26.8. The molecule has 1 heterocycles. The summed E-state index contributed by atoms with van der Waals surface area (Å²) in [5.41, 5.74) is 13.7. The summed E-state index contributed by atoms with van der Waals surface area (Å²) in [5, 5.41) is 1.16. The van der Waals surface area contributed by atoms with Gasteiger partial charge in [-0.1, -0.05) is 70.2 Å². The minimum absolute atomic E-state index is 0.0511. The summed E-state index contributed by atoms with van der Waals surface area (Å²) in [7, 11) is 0. The highest BCUT2D eigenvalue weighted by atomic mass is 16.1. The van der Waals surface area contributed by atoms with Crippen molar-refractivity contribution in [2.24, 2.45) is 5.73 Å². The van der Waals surface area contributed by atoms with Crippen LogP contribution in [0.15, 0.2) is 97.7 Å². The third kappa shape index (κ3) is 5.36. The highest BCUT2D eigenvalue weighted by molar-refractivity contribution is 6.01. The molecular weight excluding hydrogens is 392 g/mol. The topological polar surface area (TPSA) is 48.0 Å². The molecule has 0 saturated heterocycles. The zero-order valence-electron chi connectivity index (χ0n) is 19.6. The van der Waals surface area contributed by atoms with E-state index in [4.69, 9.17) is 5.73 Å². The van der Waals surface area contributed by atoms with Gasteiger partial charge in [0.05, 0.1) is 0 Å². The van der Waals surface area contributed by atoms with Gasteiger partial charge in [0.25, 0.3) is 0 Å². The highest BCUT2D eigenvalue weighted by Gasteiger charge is 2.14. The number of carbonyl (C=O) groups is 1. The number of nitrogens with two attached hydrogens (primary N) is 1. The molecule has 0 fully saturated rings. The van der Waals surface area contributed by atoms with Gasteiger partial charge in [0, 0.05) is 40.8 Å². The molecule has 0 radical (unpaired) electrons. The van der Waals surface area contributed by atoms with Crippen LogP contribution in [0, 0.1) is 13.8 Å². The molecule has 2 rings (SSSR count). The van der Waals surface area contributed by atoms with E-state index in [1.165, 1.54) is 11.3 Å². The first kappa shape index (κ1) is 24.7. The molecule has 0 aliphatic carbocycles. The number of rotatable bonds is 11. The summed E-state index contributed by atoms with van der Waals surface area (Å²) in [5.74, 6) is 0.0511. The second-order valence-corrected chi connectivity index (χ2v) is 8.04. The van der Waals surface area contributed by atoms with Gasteiger partial charge >= 0.3 is 0 Å². The Morgan fingerprint density at radius 3 is 2.41 bits per heavy atom. The Hall–Kier alpha value is -3.59. The van der Waals surface area contributed by atoms with Crippen LogP contribution in [0.25, 0.3) is 16.6 Å². The van der Waals surface area contributed by atoms with Crippen molar-refractivity contribution in [1.29, 1.82) is 0 Å². The molecule has 0 unspecified atom stereocenters. The molecule has 1 aromatic carbocycles. The molecule has 3 heteroatoms. The third-order valence-corrected chi connectivity index (χ3v) is 5.67. The van der Waals surface area contributed by atoms with Crippen molar-refractivity contribution in [3.8, 4) is 0 Å². The van der Waals surface area contributed by atoms with Crippen molar-refractivity contribution in [1.82, 2.24) is 4.57 Å². The van der Waals surface area contributed by atoms with Gasteiger partial charge in [0.1, 0.15) is 0 Å². The van der Waals surface area contributed by atoms with Crippen molar-refractivity contribution in [3.05, 3.63) is 115 Å². The molecule has 32 heavy (non-hydrogen) atoms. The van der Waals surface area contributed by atoms with Crippen LogP contribution < -0.4 is 5.73 Å². The SMILES string of the molecule is C=C/C=C(\C(=C)C(=C)/C=C\C(=C)Cn1c(C)c(C)c2cc(C(=C)N)ccc21)C(=O)CCC. The predicted molar refractivity (Wildman–Crippen MR) is 139 cm³/mol. The Kier molecular flexibility index (Phi) is 8.20. The zero-order valence-corrected chi connectivity index (χ0v) is 19.6. The Bertz CT molecular complexity index is 1180. The van der Waals surface area contributed by atoms with Gasteiger partial charge in [0.15, 0.2) is 5.78 Å². The standard InChI is InChI=1S/C29H34N2O/c1-9-11-26(29(32)12-10-2)21(5)20(4)14-13-19(3)18-31-24(8)22(6)27-17-25(23(7)30)15-16-28(27)31/h9,11,13-17H,1,3-5,7,10,12,18,30H2,2,6,8H3/b14-13-,26-11+. The van der Waals surface area contributed by atoms with Crippen LogP contribution in [0.4, 0.5) is 0 Å². The van der Waals surface area contributed by atoms with Gasteiger partial charge in [-0.05, 0) is 60.2 Å². The second-order valence-electron chi connectivity index (χ2n) is 8.04. The van der Waals surface area contributed by atoms with E-state index >= 15 is 0 Å². The van der Waals surface area contributed by atoms with Gasteiger partial charge in [-0.15, -0.1) is 0 Å². The van der Waals surface area contributed by atoms with Gasteiger partial charge in [-0.3, -0.25) is 4.79 Å². The number of ketones is 1. The molecule has 3 nitrogen and oxygen atoms in total. The number of Topliss-reactive ketones (excluding diaryl/α,β-unsaturated/α-hetero) is 1. The molecule has 0 aliphatic rings. The van der Waals surface area contributed by atoms with Crippen molar-refractivity contribution in [2.45, 2.75) is 40.2 Å². The van der Waals surface area contributed by atoms with Crippen LogP contribution in [-0.4, -0.2) is 10.4 Å². The lowest BCUT2D eigenvalue weighted by Crippen LogP contribution is -2.05. The molecule has 0 atom stereocenters. The lowest BCUT2D eigenvalue weighted by molar-refractivity contribution is -0.115. The second kappa shape index (κ2) is 10.6. The number of hydrogen-bond acceptors (Lipinski definition) is 2. The number of aryl methyl sites for hydroxylation is 1. The fraction of sp³-hybridized carbons (Fsp3) is 0.207. The Morgan fingerprint density at radius 2 is 1.81 bits per heavy atom. The number of hydrogen-bond donors (Lipinski definition) is 1. The zero-order chi connectivity index (χ0) is 24.0. The maximum Gasteiger partial charge on any atom is 0.163 e. The predicted octanol–water partition coefficient (Wildman–Crippen LogP) is 6.89. The number of carbonyl (C=O) groups excluding carboxylic acids is 1. The Labute approximate surface area is 192 Å². The lowest BCUT2D eigenvalue weighted by Gasteiger charge is -2.11. The maximum absolute atomic E-state index is 12.4. The fourth-order valence-corrected chi connectivity index (χ4v) is 3.64.